The lowest BCUT2D eigenvalue weighted by atomic mass is 9.73. The van der Waals surface area contributed by atoms with E-state index < -0.39 is 0 Å². The smallest absolute Gasteiger partial charge is 0.264 e. The summed E-state index contributed by atoms with van der Waals surface area (Å²) in [4.78, 5) is 18.2. The molecule has 3 rings (SSSR count). The number of rotatable bonds is 5. The first kappa shape index (κ1) is 18.9. The van der Waals surface area contributed by atoms with Gasteiger partial charge < -0.3 is 4.74 Å². The largest absolute Gasteiger partial charge is 0.484 e. The van der Waals surface area contributed by atoms with E-state index >= 15 is 0 Å². The number of thiazole rings is 1. The summed E-state index contributed by atoms with van der Waals surface area (Å²) in [6.45, 7) is 9.01. The molecule has 1 amide bonds. The molecule has 1 N–H and O–H groups in total. The lowest BCUT2D eigenvalue weighted by molar-refractivity contribution is -0.118. The molecular weight excluding hydrogens is 344 g/mol. The van der Waals surface area contributed by atoms with E-state index in [0.29, 0.717) is 16.5 Å². The fraction of sp³-hybridized carbons (Fsp3) is 0.524. The van der Waals surface area contributed by atoms with Crippen molar-refractivity contribution in [3.63, 3.8) is 0 Å². The molecule has 0 spiro atoms. The van der Waals surface area contributed by atoms with E-state index in [4.69, 9.17) is 4.74 Å². The maximum atomic E-state index is 12.2. The molecule has 5 heteroatoms. The minimum absolute atomic E-state index is 0.00201. The predicted molar refractivity (Wildman–Crippen MR) is 107 cm³/mol. The first-order valence-electron chi connectivity index (χ1n) is 9.35. The normalized spacial score (nSPS) is 16.8. The van der Waals surface area contributed by atoms with Crippen LogP contribution in [0.5, 0.6) is 5.75 Å². The highest BCUT2D eigenvalue weighted by molar-refractivity contribution is 7.15. The van der Waals surface area contributed by atoms with Crippen LogP contribution in [0.4, 0.5) is 5.13 Å². The average molecular weight is 373 g/mol. The van der Waals surface area contributed by atoms with Gasteiger partial charge in [0.05, 0.1) is 5.69 Å². The Hall–Kier alpha value is -1.88. The Morgan fingerprint density at radius 3 is 2.92 bits per heavy atom. The monoisotopic (exact) mass is 372 g/mol. The number of anilines is 1. The summed E-state index contributed by atoms with van der Waals surface area (Å²) in [7, 11) is 0. The Kier molecular flexibility index (Phi) is 5.66. The number of nitrogens with one attached hydrogen (secondary N) is 1. The molecule has 0 bridgehead atoms. The van der Waals surface area contributed by atoms with Crippen molar-refractivity contribution in [1.29, 1.82) is 0 Å². The van der Waals surface area contributed by atoms with Crippen LogP contribution in [0, 0.1) is 11.3 Å². The molecule has 1 aromatic carbocycles. The van der Waals surface area contributed by atoms with Gasteiger partial charge in [0, 0.05) is 4.88 Å². The van der Waals surface area contributed by atoms with Crippen LogP contribution in [0.25, 0.3) is 0 Å². The molecule has 1 aliphatic rings. The molecule has 140 valence electrons. The predicted octanol–water partition coefficient (Wildman–Crippen LogP) is 4.87. The molecule has 0 radical (unpaired) electrons. The quantitative estimate of drug-likeness (QED) is 0.814. The number of ether oxygens (including phenoxy) is 1. The number of benzene rings is 1. The summed E-state index contributed by atoms with van der Waals surface area (Å²) in [5.41, 5.74) is 2.66. The van der Waals surface area contributed by atoms with Crippen molar-refractivity contribution in [2.24, 2.45) is 11.3 Å². The number of aryl methyl sites for hydroxylation is 2. The molecule has 0 aliphatic heterocycles. The van der Waals surface area contributed by atoms with Crippen molar-refractivity contribution in [2.75, 3.05) is 11.9 Å². The first-order chi connectivity index (χ1) is 12.3. The van der Waals surface area contributed by atoms with Gasteiger partial charge in [0.1, 0.15) is 5.75 Å². The maximum Gasteiger partial charge on any atom is 0.264 e. The minimum atomic E-state index is -0.162. The minimum Gasteiger partial charge on any atom is -0.484 e. The topological polar surface area (TPSA) is 51.2 Å². The van der Waals surface area contributed by atoms with Crippen LogP contribution >= 0.6 is 11.3 Å². The van der Waals surface area contributed by atoms with Gasteiger partial charge in [0.2, 0.25) is 0 Å². The van der Waals surface area contributed by atoms with Crippen LogP contribution in [-0.2, 0) is 24.1 Å². The van der Waals surface area contributed by atoms with E-state index in [9.17, 15) is 4.79 Å². The first-order valence-corrected chi connectivity index (χ1v) is 10.2. The summed E-state index contributed by atoms with van der Waals surface area (Å²) in [5, 5.41) is 3.59. The van der Waals surface area contributed by atoms with Crippen molar-refractivity contribution >= 4 is 22.4 Å². The zero-order valence-corrected chi connectivity index (χ0v) is 16.9. The number of aromatic nitrogens is 1. The van der Waals surface area contributed by atoms with Gasteiger partial charge in [-0.1, -0.05) is 39.8 Å². The Balaban J connectivity index is 1.56. The van der Waals surface area contributed by atoms with Crippen molar-refractivity contribution < 1.29 is 9.53 Å². The Morgan fingerprint density at radius 2 is 2.19 bits per heavy atom. The summed E-state index contributed by atoms with van der Waals surface area (Å²) in [5.74, 6) is 1.24. The number of amides is 1. The van der Waals surface area contributed by atoms with Crippen LogP contribution in [0.15, 0.2) is 24.3 Å². The number of fused-ring (bicyclic) bond motifs is 1. The van der Waals surface area contributed by atoms with E-state index in [-0.39, 0.29) is 12.5 Å². The molecule has 1 atom stereocenters. The SMILES string of the molecule is CCc1cccc(OCC(=O)Nc2nc3c(s2)CC(C(C)(C)C)CC3)c1. The average Bonchev–Trinajstić information content (AvgIpc) is 3.00. The van der Waals surface area contributed by atoms with Crippen LogP contribution in [0.1, 0.15) is 50.3 Å². The number of hydrogen-bond donors (Lipinski definition) is 1. The molecule has 26 heavy (non-hydrogen) atoms. The van der Waals surface area contributed by atoms with Gasteiger partial charge in [0.15, 0.2) is 11.7 Å². The molecule has 0 saturated carbocycles. The standard InChI is InChI=1S/C21H28N2O2S/c1-5-14-7-6-8-16(11-14)25-13-19(24)23-20-22-17-10-9-15(21(2,3)4)12-18(17)26-20/h6-8,11,15H,5,9-10,12-13H2,1-4H3,(H,22,23,24). The lowest BCUT2D eigenvalue weighted by Crippen LogP contribution is -2.26. The molecule has 4 nitrogen and oxygen atoms in total. The number of nitrogens with zero attached hydrogens (tertiary/aromatic N) is 1. The highest BCUT2D eigenvalue weighted by Crippen LogP contribution is 2.40. The highest BCUT2D eigenvalue weighted by Gasteiger charge is 2.30. The second-order valence-electron chi connectivity index (χ2n) is 8.03. The van der Waals surface area contributed by atoms with Gasteiger partial charge in [0.25, 0.3) is 5.91 Å². The third-order valence-electron chi connectivity index (χ3n) is 5.09. The third kappa shape index (κ3) is 4.64. The molecule has 1 heterocycles. The van der Waals surface area contributed by atoms with Crippen LogP contribution in [0.3, 0.4) is 0 Å². The van der Waals surface area contributed by atoms with Gasteiger partial charge in [-0.05, 0) is 54.7 Å². The summed E-state index contributed by atoms with van der Waals surface area (Å²) >= 11 is 1.61. The summed E-state index contributed by atoms with van der Waals surface area (Å²) in [6.07, 6.45) is 4.19. The molecular formula is C21H28N2O2S. The van der Waals surface area contributed by atoms with Crippen molar-refractivity contribution in [2.45, 2.75) is 53.4 Å². The number of carbonyl (C=O) groups excluding carboxylic acids is 1. The molecule has 1 aromatic heterocycles. The Labute approximate surface area is 160 Å². The van der Waals surface area contributed by atoms with Gasteiger partial charge in [-0.15, -0.1) is 11.3 Å². The fourth-order valence-corrected chi connectivity index (χ4v) is 4.43. The van der Waals surface area contributed by atoms with Gasteiger partial charge in [-0.3, -0.25) is 10.1 Å². The molecule has 1 unspecified atom stereocenters. The van der Waals surface area contributed by atoms with E-state index in [2.05, 4.69) is 44.1 Å². The maximum absolute atomic E-state index is 12.2. The van der Waals surface area contributed by atoms with Crippen LogP contribution in [-0.4, -0.2) is 17.5 Å². The Morgan fingerprint density at radius 1 is 1.38 bits per heavy atom. The zero-order chi connectivity index (χ0) is 18.7. The van der Waals surface area contributed by atoms with Gasteiger partial charge in [-0.2, -0.15) is 0 Å². The van der Waals surface area contributed by atoms with Crippen LogP contribution in [0.2, 0.25) is 0 Å². The zero-order valence-electron chi connectivity index (χ0n) is 16.1. The summed E-state index contributed by atoms with van der Waals surface area (Å²) < 4.78 is 5.61. The van der Waals surface area contributed by atoms with Crippen molar-refractivity contribution in [3.8, 4) is 5.75 Å². The fourth-order valence-electron chi connectivity index (χ4n) is 3.33. The van der Waals surface area contributed by atoms with Gasteiger partial charge >= 0.3 is 0 Å². The molecule has 2 aromatic rings. The third-order valence-corrected chi connectivity index (χ3v) is 6.12. The van der Waals surface area contributed by atoms with E-state index in [1.807, 2.05) is 18.2 Å². The van der Waals surface area contributed by atoms with E-state index in [1.165, 1.54) is 16.9 Å². The van der Waals surface area contributed by atoms with E-state index in [1.54, 1.807) is 11.3 Å². The highest BCUT2D eigenvalue weighted by atomic mass is 32.1. The second kappa shape index (κ2) is 7.78. The van der Waals surface area contributed by atoms with Crippen LogP contribution < -0.4 is 10.1 Å². The van der Waals surface area contributed by atoms with E-state index in [0.717, 1.165) is 30.7 Å². The summed E-state index contributed by atoms with van der Waals surface area (Å²) in [6, 6.07) is 7.85. The Bertz CT molecular complexity index is 777. The van der Waals surface area contributed by atoms with Crippen molar-refractivity contribution in [1.82, 2.24) is 4.98 Å². The number of carbonyl (C=O) groups is 1. The van der Waals surface area contributed by atoms with Crippen molar-refractivity contribution in [3.05, 3.63) is 40.4 Å². The molecule has 0 fully saturated rings. The molecule has 0 saturated heterocycles. The number of hydrogen-bond acceptors (Lipinski definition) is 4. The molecule has 1 aliphatic carbocycles. The lowest BCUT2D eigenvalue weighted by Gasteiger charge is -2.33. The van der Waals surface area contributed by atoms with Gasteiger partial charge in [-0.25, -0.2) is 4.98 Å². The second-order valence-corrected chi connectivity index (χ2v) is 9.12.